The fourth-order valence-electron chi connectivity index (χ4n) is 4.71. The maximum absolute atomic E-state index is 12.2. The van der Waals surface area contributed by atoms with Gasteiger partial charge in [-0.1, -0.05) is 68.2 Å². The molecule has 1 aromatic heterocycles. The number of rotatable bonds is 10. The third-order valence-corrected chi connectivity index (χ3v) is 7.72. The van der Waals surface area contributed by atoms with Crippen molar-refractivity contribution in [3.63, 3.8) is 0 Å². The van der Waals surface area contributed by atoms with Crippen molar-refractivity contribution < 1.29 is 14.6 Å². The van der Waals surface area contributed by atoms with Crippen molar-refractivity contribution in [2.24, 2.45) is 0 Å². The third kappa shape index (κ3) is 7.21. The molecule has 0 amide bonds. The Kier molecular flexibility index (Phi) is 9.17. The molecule has 1 N–H and O–H groups in total. The molecule has 0 fully saturated rings. The molecule has 3 aromatic carbocycles. The predicted octanol–water partition coefficient (Wildman–Crippen LogP) is 9.21. The van der Waals surface area contributed by atoms with E-state index >= 15 is 0 Å². The molecule has 7 heteroatoms. The molecule has 0 aliphatic carbocycles. The minimum atomic E-state index is -0.970. The van der Waals surface area contributed by atoms with Crippen LogP contribution in [0.5, 0.6) is 5.75 Å². The highest BCUT2D eigenvalue weighted by Gasteiger charge is 2.21. The minimum absolute atomic E-state index is 0.0307. The maximum atomic E-state index is 12.2. The lowest BCUT2D eigenvalue weighted by atomic mass is 9.87. The van der Waals surface area contributed by atoms with E-state index in [4.69, 9.17) is 27.9 Å². The number of aromatic carboxylic acids is 1. The van der Waals surface area contributed by atoms with Gasteiger partial charge in [-0.3, -0.25) is 0 Å². The van der Waals surface area contributed by atoms with Crippen LogP contribution in [0.25, 0.3) is 0 Å². The van der Waals surface area contributed by atoms with Crippen LogP contribution in [0.3, 0.4) is 0 Å². The van der Waals surface area contributed by atoms with E-state index in [9.17, 15) is 9.90 Å². The highest BCUT2D eigenvalue weighted by molar-refractivity contribution is 6.32. The first-order valence-electron chi connectivity index (χ1n) is 13.4. The van der Waals surface area contributed by atoms with Gasteiger partial charge in [0.1, 0.15) is 11.4 Å². The third-order valence-electron chi connectivity index (χ3n) is 6.89. The van der Waals surface area contributed by atoms with Gasteiger partial charge < -0.3 is 19.3 Å². The number of carboxylic acid groups (broad SMARTS) is 1. The topological polar surface area (TPSA) is 54.7 Å². The summed E-state index contributed by atoms with van der Waals surface area (Å²) in [5, 5.41) is 11.4. The zero-order valence-corrected chi connectivity index (χ0v) is 25.2. The molecule has 0 unspecified atom stereocenters. The van der Waals surface area contributed by atoms with Crippen molar-refractivity contribution in [3.05, 3.63) is 111 Å². The number of aryl methyl sites for hydroxylation is 3. The number of nitrogens with zero attached hydrogens (tertiary/aromatic N) is 2. The first-order valence-corrected chi connectivity index (χ1v) is 14.1. The van der Waals surface area contributed by atoms with Crippen LogP contribution in [0.4, 0.5) is 11.4 Å². The van der Waals surface area contributed by atoms with E-state index in [0.717, 1.165) is 38.8 Å². The SMILES string of the molecule is Cc1cc(OCCCn2cc(N(Cc3cccc(Cl)c3)c3cccc(C(C)(C)C)c3)cc2C(=O)O)cc(C)c1Cl. The zero-order valence-electron chi connectivity index (χ0n) is 23.7. The largest absolute Gasteiger partial charge is 0.494 e. The van der Waals surface area contributed by atoms with E-state index < -0.39 is 5.97 Å². The average Bonchev–Trinajstić information content (AvgIpc) is 3.32. The number of halogens is 2. The summed E-state index contributed by atoms with van der Waals surface area (Å²) in [5.41, 5.74) is 6.15. The molecule has 1 heterocycles. The number of hydrogen-bond acceptors (Lipinski definition) is 3. The number of ether oxygens (including phenoxy) is 1. The van der Waals surface area contributed by atoms with E-state index in [0.29, 0.717) is 31.1 Å². The fraction of sp³-hybridized carbons (Fsp3) is 0.303. The fourth-order valence-corrected chi connectivity index (χ4v) is 5.03. The molecular formula is C33H36Cl2N2O3. The van der Waals surface area contributed by atoms with Crippen molar-refractivity contribution in [2.45, 2.75) is 59.5 Å². The highest BCUT2D eigenvalue weighted by atomic mass is 35.5. The van der Waals surface area contributed by atoms with E-state index in [1.54, 1.807) is 10.6 Å². The Labute approximate surface area is 246 Å². The van der Waals surface area contributed by atoms with Gasteiger partial charge in [-0.15, -0.1) is 0 Å². The van der Waals surface area contributed by atoms with E-state index in [1.165, 1.54) is 5.56 Å². The van der Waals surface area contributed by atoms with Gasteiger partial charge in [0, 0.05) is 35.0 Å². The van der Waals surface area contributed by atoms with Crippen LogP contribution < -0.4 is 9.64 Å². The Morgan fingerprint density at radius 3 is 2.30 bits per heavy atom. The van der Waals surface area contributed by atoms with Gasteiger partial charge in [0.2, 0.25) is 0 Å². The van der Waals surface area contributed by atoms with Crippen LogP contribution in [-0.4, -0.2) is 22.2 Å². The normalized spacial score (nSPS) is 11.5. The number of carbonyl (C=O) groups is 1. The Morgan fingerprint density at radius 2 is 1.65 bits per heavy atom. The molecule has 0 saturated carbocycles. The molecule has 0 aliphatic rings. The Bertz CT molecular complexity index is 1480. The lowest BCUT2D eigenvalue weighted by Gasteiger charge is -2.27. The smallest absolute Gasteiger partial charge is 0.352 e. The monoisotopic (exact) mass is 578 g/mol. The van der Waals surface area contributed by atoms with Crippen LogP contribution in [0.15, 0.2) is 72.9 Å². The van der Waals surface area contributed by atoms with Gasteiger partial charge in [0.25, 0.3) is 0 Å². The van der Waals surface area contributed by atoms with Crippen LogP contribution in [0, 0.1) is 13.8 Å². The standard InChI is InChI=1S/C33H36Cl2N2O3/c1-22-15-29(16-23(2)31(22)35)40-14-8-13-36-21-28(19-30(36)32(38)39)37(20-24-9-6-11-26(34)17-24)27-12-7-10-25(18-27)33(3,4)5/h6-7,9-12,15-19,21H,8,13-14,20H2,1-5H3,(H,38,39). The maximum Gasteiger partial charge on any atom is 0.352 e. The molecule has 0 atom stereocenters. The number of aromatic nitrogens is 1. The second-order valence-corrected chi connectivity index (χ2v) is 12.0. The van der Waals surface area contributed by atoms with Gasteiger partial charge in [-0.25, -0.2) is 4.79 Å². The summed E-state index contributed by atoms with van der Waals surface area (Å²) < 4.78 is 7.75. The molecule has 0 radical (unpaired) electrons. The second kappa shape index (κ2) is 12.4. The molecule has 0 spiro atoms. The minimum Gasteiger partial charge on any atom is -0.494 e. The van der Waals surface area contributed by atoms with Crippen LogP contribution >= 0.6 is 23.2 Å². The highest BCUT2D eigenvalue weighted by Crippen LogP contribution is 2.33. The van der Waals surface area contributed by atoms with Crippen molar-refractivity contribution in [1.82, 2.24) is 4.57 Å². The van der Waals surface area contributed by atoms with Gasteiger partial charge in [0.05, 0.1) is 12.3 Å². The summed E-state index contributed by atoms with van der Waals surface area (Å²) in [6.45, 7) is 11.9. The molecule has 4 aromatic rings. The molecule has 40 heavy (non-hydrogen) atoms. The Balaban J connectivity index is 1.61. The predicted molar refractivity (Wildman–Crippen MR) is 165 cm³/mol. The van der Waals surface area contributed by atoms with Gasteiger partial charge >= 0.3 is 5.97 Å². The Hall–Kier alpha value is -3.41. The molecule has 210 valence electrons. The molecule has 0 bridgehead atoms. The van der Waals surface area contributed by atoms with Crippen molar-refractivity contribution in [2.75, 3.05) is 11.5 Å². The summed E-state index contributed by atoms with van der Waals surface area (Å²) in [6, 6.07) is 21.7. The van der Waals surface area contributed by atoms with E-state index in [-0.39, 0.29) is 11.1 Å². The summed E-state index contributed by atoms with van der Waals surface area (Å²) in [4.78, 5) is 14.4. The van der Waals surface area contributed by atoms with Crippen molar-refractivity contribution >= 4 is 40.5 Å². The zero-order chi connectivity index (χ0) is 29.0. The molecule has 0 aliphatic heterocycles. The second-order valence-electron chi connectivity index (χ2n) is 11.2. The number of hydrogen-bond donors (Lipinski definition) is 1. The van der Waals surface area contributed by atoms with Gasteiger partial charge in [-0.05, 0) is 90.4 Å². The number of anilines is 2. The first-order chi connectivity index (χ1) is 18.9. The molecule has 4 rings (SSSR count). The van der Waals surface area contributed by atoms with E-state index in [1.807, 2.05) is 62.5 Å². The Morgan fingerprint density at radius 1 is 0.950 bits per heavy atom. The summed E-state index contributed by atoms with van der Waals surface area (Å²) in [5.74, 6) is -0.209. The van der Waals surface area contributed by atoms with Gasteiger partial charge in [-0.2, -0.15) is 0 Å². The summed E-state index contributed by atoms with van der Waals surface area (Å²) in [7, 11) is 0. The lowest BCUT2D eigenvalue weighted by molar-refractivity contribution is 0.0684. The molecule has 0 saturated heterocycles. The van der Waals surface area contributed by atoms with Crippen LogP contribution in [0.1, 0.15) is 59.9 Å². The summed E-state index contributed by atoms with van der Waals surface area (Å²) in [6.07, 6.45) is 2.55. The van der Waals surface area contributed by atoms with Gasteiger partial charge in [0.15, 0.2) is 0 Å². The first kappa shape index (κ1) is 29.6. The number of benzene rings is 3. The van der Waals surface area contributed by atoms with Crippen LogP contribution in [0.2, 0.25) is 10.0 Å². The molecular weight excluding hydrogens is 543 g/mol. The van der Waals surface area contributed by atoms with Crippen molar-refractivity contribution in [3.8, 4) is 5.75 Å². The van der Waals surface area contributed by atoms with E-state index in [2.05, 4.69) is 43.9 Å². The van der Waals surface area contributed by atoms with Crippen molar-refractivity contribution in [1.29, 1.82) is 0 Å². The number of carboxylic acids is 1. The lowest BCUT2D eigenvalue weighted by Crippen LogP contribution is -2.18. The molecule has 5 nitrogen and oxygen atoms in total. The quantitative estimate of drug-likeness (QED) is 0.190. The van der Waals surface area contributed by atoms with Crippen LogP contribution in [-0.2, 0) is 18.5 Å². The average molecular weight is 580 g/mol. The summed E-state index contributed by atoms with van der Waals surface area (Å²) >= 11 is 12.6.